The van der Waals surface area contributed by atoms with E-state index in [9.17, 15) is 28.7 Å². The number of likely N-dealkylation sites (tertiary alicyclic amines) is 1. The van der Waals surface area contributed by atoms with Crippen LogP contribution in [0.25, 0.3) is 15.2 Å². The number of ether oxygens (including phenoxy) is 2. The van der Waals surface area contributed by atoms with Crippen LogP contribution in [0, 0.1) is 12.7 Å². The van der Waals surface area contributed by atoms with Gasteiger partial charge in [-0.2, -0.15) is 5.10 Å². The van der Waals surface area contributed by atoms with Gasteiger partial charge >= 0.3 is 11.7 Å². The summed E-state index contributed by atoms with van der Waals surface area (Å²) < 4.78 is 29.7. The highest BCUT2D eigenvalue weighted by Gasteiger charge is 2.35. The van der Waals surface area contributed by atoms with Gasteiger partial charge in [0, 0.05) is 37.1 Å². The van der Waals surface area contributed by atoms with Crippen LogP contribution in [0.4, 0.5) is 4.39 Å². The molecule has 1 aliphatic heterocycles. The second-order valence-corrected chi connectivity index (χ2v) is 10.7. The van der Waals surface area contributed by atoms with Crippen molar-refractivity contribution in [1.29, 1.82) is 0 Å². The third-order valence-corrected chi connectivity index (χ3v) is 8.47. The van der Waals surface area contributed by atoms with E-state index in [1.165, 1.54) is 46.1 Å². The number of nitrogens with zero attached hydrogens (tertiary/aromatic N) is 5. The van der Waals surface area contributed by atoms with Crippen molar-refractivity contribution in [3.05, 3.63) is 74.4 Å². The van der Waals surface area contributed by atoms with Crippen LogP contribution in [-0.4, -0.2) is 68.1 Å². The Hall–Kier alpha value is -4.30. The van der Waals surface area contributed by atoms with Crippen molar-refractivity contribution in [2.45, 2.75) is 38.5 Å². The molecule has 5 rings (SSSR count). The molecule has 0 spiro atoms. The zero-order valence-electron chi connectivity index (χ0n) is 22.6. The predicted octanol–water partition coefficient (Wildman–Crippen LogP) is 2.50. The van der Waals surface area contributed by atoms with Crippen LogP contribution in [-0.2, 0) is 20.9 Å². The molecule has 1 amide bonds. The van der Waals surface area contributed by atoms with Crippen molar-refractivity contribution in [1.82, 2.24) is 23.8 Å². The average Bonchev–Trinajstić information content (AvgIpc) is 3.66. The molecule has 0 saturated carbocycles. The molecule has 1 saturated heterocycles. The number of benzene rings is 1. The molecule has 4 aromatic rings. The lowest BCUT2D eigenvalue weighted by Gasteiger charge is -2.23. The topological polar surface area (TPSA) is 138 Å². The number of hydrogen-bond donors (Lipinski definition) is 1. The van der Waals surface area contributed by atoms with Crippen LogP contribution in [0.1, 0.15) is 36.1 Å². The molecule has 0 aliphatic carbocycles. The van der Waals surface area contributed by atoms with Gasteiger partial charge in [0.1, 0.15) is 33.5 Å². The summed E-state index contributed by atoms with van der Waals surface area (Å²) in [5.74, 6) is -1.75. The van der Waals surface area contributed by atoms with E-state index in [0.717, 1.165) is 4.57 Å². The molecule has 0 radical (unpaired) electrons. The number of carbonyl (C=O) groups is 2. The Morgan fingerprint density at radius 2 is 2.07 bits per heavy atom. The summed E-state index contributed by atoms with van der Waals surface area (Å²) in [4.78, 5) is 54.0. The van der Waals surface area contributed by atoms with Crippen LogP contribution in [0.3, 0.4) is 0 Å². The van der Waals surface area contributed by atoms with Crippen LogP contribution in [0.5, 0.6) is 5.75 Å². The highest BCUT2D eigenvalue weighted by atomic mass is 32.1. The Morgan fingerprint density at radius 1 is 1.29 bits per heavy atom. The third kappa shape index (κ3) is 5.15. The smallest absolute Gasteiger partial charge is 0.332 e. The van der Waals surface area contributed by atoms with E-state index in [1.54, 1.807) is 37.1 Å². The number of fused-ring (bicyclic) bond motifs is 1. The number of likely N-dealkylation sites (N-methyl/N-ethyl adjacent to an activating group) is 1. The van der Waals surface area contributed by atoms with E-state index in [1.807, 2.05) is 0 Å². The van der Waals surface area contributed by atoms with Crippen LogP contribution >= 0.6 is 11.3 Å². The lowest BCUT2D eigenvalue weighted by Crippen LogP contribution is -2.44. The second-order valence-electron chi connectivity index (χ2n) is 9.69. The molecule has 1 N–H and O–H groups in total. The summed E-state index contributed by atoms with van der Waals surface area (Å²) in [6, 6.07) is 4.56. The van der Waals surface area contributed by atoms with Gasteiger partial charge in [0.25, 0.3) is 5.56 Å². The molecular weight excluding hydrogens is 557 g/mol. The zero-order valence-corrected chi connectivity index (χ0v) is 23.4. The molecule has 3 aromatic heterocycles. The van der Waals surface area contributed by atoms with Gasteiger partial charge in [0.15, 0.2) is 0 Å². The van der Waals surface area contributed by atoms with Gasteiger partial charge in [-0.25, -0.2) is 18.4 Å². The molecule has 14 heteroatoms. The third-order valence-electron chi connectivity index (χ3n) is 7.16. The van der Waals surface area contributed by atoms with Gasteiger partial charge < -0.3 is 19.5 Å². The van der Waals surface area contributed by atoms with E-state index >= 15 is 0 Å². The van der Waals surface area contributed by atoms with Gasteiger partial charge in [-0.05, 0) is 37.6 Å². The second kappa shape index (κ2) is 11.3. The number of rotatable bonds is 10. The Labute approximate surface area is 236 Å². The maximum atomic E-state index is 14.4. The zero-order chi connectivity index (χ0) is 29.4. The first-order valence-electron chi connectivity index (χ1n) is 12.8. The standard InChI is InChI=1S/C27H28FN5O7S/c1-15-22-24(37)33(18-7-11-30(2)23(18)36)27(38)31(26(22)41-25(15)32-10-4-9-29-32)14-20(40-12-8-21(34)35)17-13-16(28)5-6-19(17)39-3/h4-6,9-10,13,18,20H,7-8,11-12,14H2,1-3H3,(H,34,35)/t18-,20+/m1/s1. The molecule has 2 atom stereocenters. The van der Waals surface area contributed by atoms with Crippen LogP contribution in [0.15, 0.2) is 46.2 Å². The van der Waals surface area contributed by atoms with E-state index < -0.39 is 35.2 Å². The number of thiophene rings is 1. The number of carboxylic acids is 1. The number of aromatic nitrogens is 4. The predicted molar refractivity (Wildman–Crippen MR) is 147 cm³/mol. The molecule has 0 unspecified atom stereocenters. The maximum Gasteiger partial charge on any atom is 0.332 e. The van der Waals surface area contributed by atoms with Crippen LogP contribution in [0.2, 0.25) is 0 Å². The number of carboxylic acid groups (broad SMARTS) is 1. The number of aliphatic carboxylic acids is 1. The fourth-order valence-electron chi connectivity index (χ4n) is 5.09. The summed E-state index contributed by atoms with van der Waals surface area (Å²) in [6.07, 6.45) is 2.21. The first-order chi connectivity index (χ1) is 19.6. The van der Waals surface area contributed by atoms with Gasteiger partial charge in [0.05, 0.1) is 32.1 Å². The largest absolute Gasteiger partial charge is 0.496 e. The lowest BCUT2D eigenvalue weighted by atomic mass is 10.1. The Bertz CT molecular complexity index is 1740. The minimum atomic E-state index is -1.09. The first-order valence-corrected chi connectivity index (χ1v) is 13.6. The summed E-state index contributed by atoms with van der Waals surface area (Å²) in [5, 5.41) is 14.3. The highest BCUT2D eigenvalue weighted by molar-refractivity contribution is 7.21. The molecule has 41 heavy (non-hydrogen) atoms. The maximum absolute atomic E-state index is 14.4. The average molecular weight is 586 g/mol. The van der Waals surface area contributed by atoms with Crippen molar-refractivity contribution in [2.24, 2.45) is 0 Å². The summed E-state index contributed by atoms with van der Waals surface area (Å²) in [5.41, 5.74) is -0.486. The van der Waals surface area contributed by atoms with E-state index in [4.69, 9.17) is 9.47 Å². The molecule has 216 valence electrons. The normalized spacial score (nSPS) is 16.0. The molecule has 0 bridgehead atoms. The summed E-state index contributed by atoms with van der Waals surface area (Å²) >= 11 is 1.17. The summed E-state index contributed by atoms with van der Waals surface area (Å²) in [7, 11) is 3.01. The van der Waals surface area contributed by atoms with E-state index in [2.05, 4.69) is 5.10 Å². The number of amides is 1. The van der Waals surface area contributed by atoms with Crippen molar-refractivity contribution >= 4 is 33.4 Å². The molecule has 1 fully saturated rings. The van der Waals surface area contributed by atoms with Crippen molar-refractivity contribution in [3.63, 3.8) is 0 Å². The van der Waals surface area contributed by atoms with E-state index in [0.29, 0.717) is 21.9 Å². The van der Waals surface area contributed by atoms with Crippen molar-refractivity contribution in [3.8, 4) is 10.8 Å². The molecule has 1 aromatic carbocycles. The fourth-order valence-corrected chi connectivity index (χ4v) is 6.34. The number of halogens is 1. The monoisotopic (exact) mass is 585 g/mol. The fraction of sp³-hybridized carbons (Fsp3) is 0.370. The summed E-state index contributed by atoms with van der Waals surface area (Å²) in [6.45, 7) is 1.68. The minimum absolute atomic E-state index is 0.218. The molecule has 1 aliphatic rings. The number of carbonyl (C=O) groups excluding carboxylic acids is 1. The van der Waals surface area contributed by atoms with Gasteiger partial charge in [0.2, 0.25) is 5.91 Å². The number of hydrogen-bond acceptors (Lipinski definition) is 8. The highest BCUT2D eigenvalue weighted by Crippen LogP contribution is 2.34. The Balaban J connectivity index is 1.74. The Morgan fingerprint density at radius 3 is 2.71 bits per heavy atom. The first kappa shape index (κ1) is 28.2. The molecule has 4 heterocycles. The van der Waals surface area contributed by atoms with Crippen molar-refractivity contribution < 1.29 is 28.6 Å². The lowest BCUT2D eigenvalue weighted by molar-refractivity contribution is -0.138. The number of methoxy groups -OCH3 is 1. The quantitative estimate of drug-likeness (QED) is 0.300. The minimum Gasteiger partial charge on any atom is -0.496 e. The van der Waals surface area contributed by atoms with E-state index in [-0.39, 0.29) is 48.6 Å². The van der Waals surface area contributed by atoms with Crippen molar-refractivity contribution in [2.75, 3.05) is 27.3 Å². The van der Waals surface area contributed by atoms with Gasteiger partial charge in [-0.3, -0.25) is 19.0 Å². The molecule has 12 nitrogen and oxygen atoms in total. The number of aryl methyl sites for hydroxylation is 1. The molecular formula is C27H28FN5O7S. The Kier molecular flexibility index (Phi) is 7.78. The van der Waals surface area contributed by atoms with Gasteiger partial charge in [-0.1, -0.05) is 11.3 Å². The van der Waals surface area contributed by atoms with Gasteiger partial charge in [-0.15, -0.1) is 0 Å². The van der Waals surface area contributed by atoms with Crippen LogP contribution < -0.4 is 16.0 Å². The SMILES string of the molecule is COc1ccc(F)cc1[C@H](Cn1c(=O)n([C@@H]2CCN(C)C2=O)c(=O)c2c(C)c(-n3cccn3)sc21)OCCC(=O)O.